The summed E-state index contributed by atoms with van der Waals surface area (Å²) in [5, 5.41) is 1.86. The van der Waals surface area contributed by atoms with E-state index in [1.54, 1.807) is 0 Å². The lowest BCUT2D eigenvalue weighted by Crippen LogP contribution is -2.42. The molecule has 1 aliphatic carbocycles. The SMILES string of the molecule is NNC(c1sccc1Br)C1CCCCC1C(F)(F)F. The Bertz CT molecular complexity index is 421. The first kappa shape index (κ1) is 15.3. The van der Waals surface area contributed by atoms with Gasteiger partial charge in [-0.3, -0.25) is 11.3 Å². The molecular formula is C12H16BrF3N2S. The van der Waals surface area contributed by atoms with Crippen molar-refractivity contribution >= 4 is 27.3 Å². The first-order valence-corrected chi connectivity index (χ1v) is 7.88. The van der Waals surface area contributed by atoms with Crippen molar-refractivity contribution in [2.45, 2.75) is 37.9 Å². The molecule has 0 bridgehead atoms. The maximum Gasteiger partial charge on any atom is 0.392 e. The maximum atomic E-state index is 13.2. The van der Waals surface area contributed by atoms with E-state index in [4.69, 9.17) is 5.84 Å². The maximum absolute atomic E-state index is 13.2. The summed E-state index contributed by atoms with van der Waals surface area (Å²) in [5.41, 5.74) is 2.60. The number of nitrogens with two attached hydrogens (primary N) is 1. The van der Waals surface area contributed by atoms with Crippen LogP contribution in [0.5, 0.6) is 0 Å². The Balaban J connectivity index is 2.27. The molecule has 2 nitrogen and oxygen atoms in total. The predicted octanol–water partition coefficient (Wildman–Crippen LogP) is 4.38. The Hall–Kier alpha value is -0.110. The van der Waals surface area contributed by atoms with Crippen LogP contribution >= 0.6 is 27.3 Å². The number of hydrogen-bond acceptors (Lipinski definition) is 3. The number of thiophene rings is 1. The number of hydrogen-bond donors (Lipinski definition) is 2. The van der Waals surface area contributed by atoms with Crippen LogP contribution in [0.2, 0.25) is 0 Å². The largest absolute Gasteiger partial charge is 0.392 e. The van der Waals surface area contributed by atoms with Gasteiger partial charge < -0.3 is 0 Å². The van der Waals surface area contributed by atoms with Gasteiger partial charge in [0.1, 0.15) is 0 Å². The van der Waals surface area contributed by atoms with Gasteiger partial charge in [-0.25, -0.2) is 0 Å². The van der Waals surface area contributed by atoms with Crippen molar-refractivity contribution in [3.05, 3.63) is 20.8 Å². The van der Waals surface area contributed by atoms with E-state index in [0.29, 0.717) is 12.8 Å². The summed E-state index contributed by atoms with van der Waals surface area (Å²) in [6, 6.07) is 1.40. The van der Waals surface area contributed by atoms with Gasteiger partial charge in [0, 0.05) is 9.35 Å². The Morgan fingerprint density at radius 3 is 2.58 bits per heavy atom. The van der Waals surface area contributed by atoms with E-state index in [2.05, 4.69) is 21.4 Å². The van der Waals surface area contributed by atoms with Crippen molar-refractivity contribution in [2.24, 2.45) is 17.7 Å². The molecule has 3 atom stereocenters. The molecule has 0 aromatic carbocycles. The number of nitrogens with one attached hydrogen (secondary N) is 1. The fraction of sp³-hybridized carbons (Fsp3) is 0.667. The lowest BCUT2D eigenvalue weighted by atomic mass is 9.74. The van der Waals surface area contributed by atoms with Gasteiger partial charge in [-0.1, -0.05) is 12.8 Å². The van der Waals surface area contributed by atoms with E-state index in [1.807, 2.05) is 11.4 Å². The Labute approximate surface area is 122 Å². The smallest absolute Gasteiger partial charge is 0.271 e. The summed E-state index contributed by atoms with van der Waals surface area (Å²) < 4.78 is 40.3. The van der Waals surface area contributed by atoms with Crippen molar-refractivity contribution in [3.8, 4) is 0 Å². The Morgan fingerprint density at radius 1 is 1.37 bits per heavy atom. The fourth-order valence-corrected chi connectivity index (χ4v) is 4.64. The van der Waals surface area contributed by atoms with Gasteiger partial charge >= 0.3 is 6.18 Å². The predicted molar refractivity (Wildman–Crippen MR) is 73.6 cm³/mol. The molecule has 0 radical (unpaired) electrons. The van der Waals surface area contributed by atoms with Crippen LogP contribution in [0.1, 0.15) is 36.6 Å². The molecule has 2 rings (SSSR count). The third kappa shape index (κ3) is 3.32. The molecular weight excluding hydrogens is 341 g/mol. The molecule has 3 N–H and O–H groups in total. The molecule has 19 heavy (non-hydrogen) atoms. The lowest BCUT2D eigenvalue weighted by Gasteiger charge is -2.37. The highest BCUT2D eigenvalue weighted by molar-refractivity contribution is 9.10. The third-order valence-corrected chi connectivity index (χ3v) is 5.73. The quantitative estimate of drug-likeness (QED) is 0.622. The molecule has 0 amide bonds. The molecule has 7 heteroatoms. The average molecular weight is 357 g/mol. The zero-order chi connectivity index (χ0) is 14.0. The van der Waals surface area contributed by atoms with Crippen molar-refractivity contribution < 1.29 is 13.2 Å². The van der Waals surface area contributed by atoms with E-state index < -0.39 is 24.1 Å². The van der Waals surface area contributed by atoms with Crippen molar-refractivity contribution in [1.29, 1.82) is 0 Å². The van der Waals surface area contributed by atoms with Crippen molar-refractivity contribution in [3.63, 3.8) is 0 Å². The molecule has 0 spiro atoms. The number of alkyl halides is 3. The highest BCUT2D eigenvalue weighted by atomic mass is 79.9. The molecule has 1 fully saturated rings. The highest BCUT2D eigenvalue weighted by Gasteiger charge is 2.48. The van der Waals surface area contributed by atoms with E-state index >= 15 is 0 Å². The minimum absolute atomic E-state index is 0.204. The summed E-state index contributed by atoms with van der Waals surface area (Å²) in [4.78, 5) is 0.851. The van der Waals surface area contributed by atoms with Crippen LogP contribution < -0.4 is 11.3 Å². The van der Waals surface area contributed by atoms with Gasteiger partial charge in [0.05, 0.1) is 12.0 Å². The monoisotopic (exact) mass is 356 g/mol. The standard InChI is InChI=1S/C12H16BrF3N2S/c13-9-5-6-19-11(9)10(18-17)7-3-1-2-4-8(7)12(14,15)16/h5-8,10,18H,1-4,17H2. The first-order valence-electron chi connectivity index (χ1n) is 6.21. The second-order valence-electron chi connectivity index (χ2n) is 4.87. The fourth-order valence-electron chi connectivity index (χ4n) is 2.89. The van der Waals surface area contributed by atoms with Crippen LogP contribution in [0, 0.1) is 11.8 Å². The average Bonchev–Trinajstić information content (AvgIpc) is 2.76. The summed E-state index contributed by atoms with van der Waals surface area (Å²) in [6.07, 6.45) is -1.91. The van der Waals surface area contributed by atoms with Crippen molar-refractivity contribution in [2.75, 3.05) is 0 Å². The molecule has 0 aliphatic heterocycles. The van der Waals surface area contributed by atoms with Crippen LogP contribution in [-0.4, -0.2) is 6.18 Å². The van der Waals surface area contributed by atoms with Gasteiger partial charge in [0.15, 0.2) is 0 Å². The molecule has 0 saturated heterocycles. The summed E-state index contributed by atoms with van der Waals surface area (Å²) in [5.74, 6) is 3.78. The summed E-state index contributed by atoms with van der Waals surface area (Å²) in [7, 11) is 0. The number of hydrazine groups is 1. The van der Waals surface area contributed by atoms with E-state index in [1.165, 1.54) is 11.3 Å². The second kappa shape index (κ2) is 6.11. The van der Waals surface area contributed by atoms with Crippen LogP contribution in [0.4, 0.5) is 13.2 Å². The normalized spacial score (nSPS) is 26.4. The summed E-state index contributed by atoms with van der Waals surface area (Å²) in [6.45, 7) is 0. The number of halogens is 4. The molecule has 1 aromatic heterocycles. The van der Waals surface area contributed by atoms with Crippen LogP contribution in [0.15, 0.2) is 15.9 Å². The van der Waals surface area contributed by atoms with Crippen LogP contribution in [-0.2, 0) is 0 Å². The van der Waals surface area contributed by atoms with Gasteiger partial charge in [-0.15, -0.1) is 11.3 Å². The molecule has 108 valence electrons. The van der Waals surface area contributed by atoms with E-state index in [-0.39, 0.29) is 6.42 Å². The minimum Gasteiger partial charge on any atom is -0.271 e. The Kier molecular flexibility index (Phi) is 4.92. The minimum atomic E-state index is -4.15. The van der Waals surface area contributed by atoms with E-state index in [0.717, 1.165) is 15.8 Å². The van der Waals surface area contributed by atoms with Gasteiger partial charge in [-0.05, 0) is 46.1 Å². The van der Waals surface area contributed by atoms with Crippen LogP contribution in [0.25, 0.3) is 0 Å². The molecule has 1 saturated carbocycles. The molecule has 1 aromatic rings. The lowest BCUT2D eigenvalue weighted by molar-refractivity contribution is -0.199. The molecule has 1 heterocycles. The molecule has 3 unspecified atom stereocenters. The van der Waals surface area contributed by atoms with Crippen LogP contribution in [0.3, 0.4) is 0 Å². The Morgan fingerprint density at radius 2 is 2.05 bits per heavy atom. The number of rotatable bonds is 3. The van der Waals surface area contributed by atoms with E-state index in [9.17, 15) is 13.2 Å². The topological polar surface area (TPSA) is 38.0 Å². The third-order valence-electron chi connectivity index (χ3n) is 3.77. The van der Waals surface area contributed by atoms with Crippen molar-refractivity contribution in [1.82, 2.24) is 5.43 Å². The van der Waals surface area contributed by atoms with Gasteiger partial charge in [0.25, 0.3) is 0 Å². The first-order chi connectivity index (χ1) is 8.95. The highest BCUT2D eigenvalue weighted by Crippen LogP contribution is 2.48. The zero-order valence-corrected chi connectivity index (χ0v) is 12.6. The summed E-state index contributed by atoms with van der Waals surface area (Å²) >= 11 is 4.81. The molecule has 1 aliphatic rings. The zero-order valence-electron chi connectivity index (χ0n) is 10.2. The van der Waals surface area contributed by atoms with Gasteiger partial charge in [0.2, 0.25) is 0 Å². The van der Waals surface area contributed by atoms with Gasteiger partial charge in [-0.2, -0.15) is 13.2 Å². The second-order valence-corrected chi connectivity index (χ2v) is 6.68.